The number of methoxy groups -OCH3 is 1. The van der Waals surface area contributed by atoms with Gasteiger partial charge in [-0.2, -0.15) is 4.31 Å². The standard InChI is InChI=1S/C7H13BrN4O3S/c1-11(4-5-15-3)16(13,14)7-6(8)9-10-12(7)2/h4-5H2,1-3H3. The van der Waals surface area contributed by atoms with Gasteiger partial charge >= 0.3 is 0 Å². The van der Waals surface area contributed by atoms with E-state index in [0.717, 1.165) is 0 Å². The monoisotopic (exact) mass is 312 g/mol. The molecule has 0 amide bonds. The summed E-state index contributed by atoms with van der Waals surface area (Å²) < 4.78 is 31.6. The molecule has 16 heavy (non-hydrogen) atoms. The highest BCUT2D eigenvalue weighted by Crippen LogP contribution is 2.20. The summed E-state index contributed by atoms with van der Waals surface area (Å²) in [5.41, 5.74) is 0. The molecule has 0 bridgehead atoms. The van der Waals surface area contributed by atoms with Gasteiger partial charge in [0.25, 0.3) is 10.0 Å². The van der Waals surface area contributed by atoms with Gasteiger partial charge in [0.1, 0.15) is 0 Å². The van der Waals surface area contributed by atoms with E-state index >= 15 is 0 Å². The van der Waals surface area contributed by atoms with Crippen molar-refractivity contribution in [3.8, 4) is 0 Å². The zero-order chi connectivity index (χ0) is 12.3. The topological polar surface area (TPSA) is 77.3 Å². The molecular weight excluding hydrogens is 300 g/mol. The molecule has 0 N–H and O–H groups in total. The quantitative estimate of drug-likeness (QED) is 0.755. The molecule has 1 aromatic rings. The molecule has 9 heteroatoms. The zero-order valence-electron chi connectivity index (χ0n) is 9.21. The molecule has 1 aromatic heterocycles. The van der Waals surface area contributed by atoms with Crippen LogP contribution < -0.4 is 0 Å². The van der Waals surface area contributed by atoms with Gasteiger partial charge < -0.3 is 4.74 Å². The van der Waals surface area contributed by atoms with Crippen LogP contribution in [0.5, 0.6) is 0 Å². The van der Waals surface area contributed by atoms with E-state index in [1.54, 1.807) is 0 Å². The minimum absolute atomic E-state index is 0.0334. The average molecular weight is 313 g/mol. The van der Waals surface area contributed by atoms with Gasteiger partial charge in [-0.1, -0.05) is 5.21 Å². The lowest BCUT2D eigenvalue weighted by Gasteiger charge is -2.16. The number of ether oxygens (including phenoxy) is 1. The molecule has 7 nitrogen and oxygen atoms in total. The highest BCUT2D eigenvalue weighted by molar-refractivity contribution is 9.10. The third-order valence-electron chi connectivity index (χ3n) is 2.00. The summed E-state index contributed by atoms with van der Waals surface area (Å²) in [4.78, 5) is 0. The number of nitrogens with zero attached hydrogens (tertiary/aromatic N) is 4. The first-order chi connectivity index (χ1) is 7.41. The highest BCUT2D eigenvalue weighted by atomic mass is 79.9. The molecule has 1 heterocycles. The van der Waals surface area contributed by atoms with Crippen LogP contribution in [0.2, 0.25) is 0 Å². The van der Waals surface area contributed by atoms with E-state index < -0.39 is 10.0 Å². The molecule has 0 saturated heterocycles. The van der Waals surface area contributed by atoms with Crippen molar-refractivity contribution in [3.63, 3.8) is 0 Å². The summed E-state index contributed by atoms with van der Waals surface area (Å²) in [7, 11) is 0.934. The Morgan fingerprint density at radius 1 is 1.56 bits per heavy atom. The lowest BCUT2D eigenvalue weighted by molar-refractivity contribution is 0.185. The van der Waals surface area contributed by atoms with Crippen molar-refractivity contribution in [1.29, 1.82) is 0 Å². The van der Waals surface area contributed by atoms with Crippen LogP contribution in [0.1, 0.15) is 0 Å². The van der Waals surface area contributed by atoms with Crippen molar-refractivity contribution in [1.82, 2.24) is 19.3 Å². The van der Waals surface area contributed by atoms with Crippen LogP contribution in [0.25, 0.3) is 0 Å². The van der Waals surface area contributed by atoms with Gasteiger partial charge in [-0.15, -0.1) is 5.10 Å². The van der Waals surface area contributed by atoms with Crippen LogP contribution in [-0.2, 0) is 21.8 Å². The first kappa shape index (κ1) is 13.6. The number of halogens is 1. The SMILES string of the molecule is COCCN(C)S(=O)(=O)c1c(Br)nnn1C. The summed E-state index contributed by atoms with van der Waals surface area (Å²) >= 11 is 3.06. The molecular formula is C7H13BrN4O3S. The first-order valence-electron chi connectivity index (χ1n) is 4.41. The molecule has 0 radical (unpaired) electrons. The van der Waals surface area contributed by atoms with Crippen LogP contribution in [0.15, 0.2) is 9.63 Å². The van der Waals surface area contributed by atoms with E-state index in [-0.39, 0.29) is 16.2 Å². The Morgan fingerprint density at radius 3 is 2.62 bits per heavy atom. The molecule has 1 rings (SSSR count). The van der Waals surface area contributed by atoms with Crippen LogP contribution in [-0.4, -0.2) is 55.0 Å². The third-order valence-corrected chi connectivity index (χ3v) is 4.75. The third kappa shape index (κ3) is 2.59. The van der Waals surface area contributed by atoms with Gasteiger partial charge in [0, 0.05) is 27.7 Å². The predicted octanol–water partition coefficient (Wildman–Crippen LogP) is -0.155. The lowest BCUT2D eigenvalue weighted by atomic mass is 10.7. The Morgan fingerprint density at radius 2 is 2.19 bits per heavy atom. The van der Waals surface area contributed by atoms with E-state index in [0.29, 0.717) is 6.61 Å². The summed E-state index contributed by atoms with van der Waals surface area (Å²) in [6, 6.07) is 0. The van der Waals surface area contributed by atoms with E-state index in [2.05, 4.69) is 26.2 Å². The van der Waals surface area contributed by atoms with Crippen LogP contribution in [0.4, 0.5) is 0 Å². The summed E-state index contributed by atoms with van der Waals surface area (Å²) in [6.07, 6.45) is 0. The second-order valence-electron chi connectivity index (χ2n) is 3.13. The Hall–Kier alpha value is -0.510. The Balaban J connectivity index is 3.02. The Labute approximate surface area is 103 Å². The fraction of sp³-hybridized carbons (Fsp3) is 0.714. The number of aryl methyl sites for hydroxylation is 1. The molecule has 0 aliphatic carbocycles. The molecule has 0 aliphatic heterocycles. The molecule has 0 aliphatic rings. The summed E-state index contributed by atoms with van der Waals surface area (Å²) in [5, 5.41) is 7.30. The maximum Gasteiger partial charge on any atom is 0.262 e. The maximum absolute atomic E-state index is 12.1. The van der Waals surface area contributed by atoms with Crippen molar-refractivity contribution in [2.75, 3.05) is 27.3 Å². The van der Waals surface area contributed by atoms with E-state index in [1.165, 1.54) is 30.2 Å². The van der Waals surface area contributed by atoms with Gasteiger partial charge in [0.05, 0.1) is 6.61 Å². The van der Waals surface area contributed by atoms with Crippen molar-refractivity contribution in [2.24, 2.45) is 7.05 Å². The fourth-order valence-corrected chi connectivity index (χ4v) is 3.26. The van der Waals surface area contributed by atoms with Crippen LogP contribution >= 0.6 is 15.9 Å². The van der Waals surface area contributed by atoms with Crippen molar-refractivity contribution in [3.05, 3.63) is 4.60 Å². The van der Waals surface area contributed by atoms with Crippen LogP contribution in [0.3, 0.4) is 0 Å². The van der Waals surface area contributed by atoms with Gasteiger partial charge in [0.15, 0.2) is 4.60 Å². The predicted molar refractivity (Wildman–Crippen MR) is 60.4 cm³/mol. The average Bonchev–Trinajstić information content (AvgIpc) is 2.55. The maximum atomic E-state index is 12.1. The fourth-order valence-electron chi connectivity index (χ4n) is 1.08. The van der Waals surface area contributed by atoms with Crippen LogP contribution in [0, 0.1) is 0 Å². The van der Waals surface area contributed by atoms with Gasteiger partial charge in [-0.3, -0.25) is 0 Å². The summed E-state index contributed by atoms with van der Waals surface area (Å²) in [6.45, 7) is 0.606. The molecule has 0 unspecified atom stereocenters. The minimum Gasteiger partial charge on any atom is -0.383 e. The van der Waals surface area contributed by atoms with Crippen molar-refractivity contribution < 1.29 is 13.2 Å². The van der Waals surface area contributed by atoms with Gasteiger partial charge in [-0.25, -0.2) is 13.1 Å². The second kappa shape index (κ2) is 5.21. The molecule has 0 aromatic carbocycles. The highest BCUT2D eigenvalue weighted by Gasteiger charge is 2.28. The van der Waals surface area contributed by atoms with E-state index in [1.807, 2.05) is 0 Å². The molecule has 0 saturated carbocycles. The largest absolute Gasteiger partial charge is 0.383 e. The van der Waals surface area contributed by atoms with Gasteiger partial charge in [0.2, 0.25) is 5.03 Å². The number of hydrogen-bond donors (Lipinski definition) is 0. The second-order valence-corrected chi connectivity index (χ2v) is 5.84. The number of sulfonamides is 1. The molecule has 92 valence electrons. The normalized spacial score (nSPS) is 12.3. The van der Waals surface area contributed by atoms with E-state index in [4.69, 9.17) is 4.74 Å². The van der Waals surface area contributed by atoms with Crippen molar-refractivity contribution in [2.45, 2.75) is 5.03 Å². The first-order valence-corrected chi connectivity index (χ1v) is 6.65. The van der Waals surface area contributed by atoms with Crippen molar-refractivity contribution >= 4 is 26.0 Å². The van der Waals surface area contributed by atoms with E-state index in [9.17, 15) is 8.42 Å². The van der Waals surface area contributed by atoms with Gasteiger partial charge in [-0.05, 0) is 15.9 Å². The Bertz CT molecular complexity index is 439. The Kier molecular flexibility index (Phi) is 4.42. The smallest absolute Gasteiger partial charge is 0.262 e. The number of rotatable bonds is 5. The summed E-state index contributed by atoms with van der Waals surface area (Å²) in [5.74, 6) is 0. The lowest BCUT2D eigenvalue weighted by Crippen LogP contribution is -2.31. The number of aromatic nitrogens is 3. The molecule has 0 spiro atoms. The number of likely N-dealkylation sites (N-methyl/N-ethyl adjacent to an activating group) is 1. The molecule has 0 fully saturated rings. The molecule has 0 atom stereocenters. The number of hydrogen-bond acceptors (Lipinski definition) is 5. The minimum atomic E-state index is -3.58. The zero-order valence-corrected chi connectivity index (χ0v) is 11.6.